The van der Waals surface area contributed by atoms with Gasteiger partial charge < -0.3 is 9.72 Å². The lowest BCUT2D eigenvalue weighted by atomic mass is 10.1. The van der Waals surface area contributed by atoms with Crippen LogP contribution in [0.1, 0.15) is 22.3 Å². The largest absolute Gasteiger partial charge is 0.462 e. The second-order valence-corrected chi connectivity index (χ2v) is 7.42. The van der Waals surface area contributed by atoms with Gasteiger partial charge in [-0.05, 0) is 31.5 Å². The summed E-state index contributed by atoms with van der Waals surface area (Å²) in [6.07, 6.45) is 0. The van der Waals surface area contributed by atoms with E-state index >= 15 is 0 Å². The van der Waals surface area contributed by atoms with Crippen LogP contribution >= 0.6 is 11.3 Å². The number of nitrogens with zero attached hydrogens (tertiary/aromatic N) is 2. The minimum atomic E-state index is -0.433. The molecule has 146 valence electrons. The number of nitro groups is 1. The van der Waals surface area contributed by atoms with Gasteiger partial charge in [0.15, 0.2) is 0 Å². The van der Waals surface area contributed by atoms with Crippen molar-refractivity contribution in [3.8, 4) is 21.8 Å². The zero-order valence-electron chi connectivity index (χ0n) is 15.8. The van der Waals surface area contributed by atoms with E-state index in [0.717, 1.165) is 11.3 Å². The average Bonchev–Trinajstić information content (AvgIpc) is 3.31. The van der Waals surface area contributed by atoms with Gasteiger partial charge in [-0.15, -0.1) is 11.3 Å². The number of esters is 1. The molecule has 0 saturated heterocycles. The van der Waals surface area contributed by atoms with Crippen LogP contribution < -0.4 is 0 Å². The first-order valence-electron chi connectivity index (χ1n) is 8.99. The Balaban J connectivity index is 1.85. The van der Waals surface area contributed by atoms with E-state index in [-0.39, 0.29) is 12.3 Å². The predicted molar refractivity (Wildman–Crippen MR) is 112 cm³/mol. The molecule has 4 aromatic rings. The first kappa shape index (κ1) is 18.8. The minimum absolute atomic E-state index is 0.0368. The molecule has 8 heteroatoms. The molecule has 0 bridgehead atoms. The number of hydrogen-bond donors (Lipinski definition) is 1. The molecular weight excluding hydrogens is 390 g/mol. The van der Waals surface area contributed by atoms with Crippen molar-refractivity contribution in [3.63, 3.8) is 0 Å². The van der Waals surface area contributed by atoms with E-state index in [1.54, 1.807) is 13.8 Å². The summed E-state index contributed by atoms with van der Waals surface area (Å²) in [5.41, 5.74) is 3.29. The third kappa shape index (κ3) is 3.50. The summed E-state index contributed by atoms with van der Waals surface area (Å²) in [6, 6.07) is 14.8. The minimum Gasteiger partial charge on any atom is -0.462 e. The number of ether oxygens (including phenoxy) is 1. The fourth-order valence-electron chi connectivity index (χ4n) is 3.17. The van der Waals surface area contributed by atoms with E-state index < -0.39 is 10.9 Å². The summed E-state index contributed by atoms with van der Waals surface area (Å²) >= 11 is 1.17. The maximum Gasteiger partial charge on any atom is 0.350 e. The summed E-state index contributed by atoms with van der Waals surface area (Å²) < 4.78 is 5.06. The van der Waals surface area contributed by atoms with Gasteiger partial charge in [-0.3, -0.25) is 10.1 Å². The van der Waals surface area contributed by atoms with Gasteiger partial charge in [0.05, 0.1) is 17.2 Å². The highest BCUT2D eigenvalue weighted by Crippen LogP contribution is 2.37. The molecule has 7 nitrogen and oxygen atoms in total. The zero-order chi connectivity index (χ0) is 20.5. The quantitative estimate of drug-likeness (QED) is 0.273. The van der Waals surface area contributed by atoms with E-state index in [9.17, 15) is 14.9 Å². The van der Waals surface area contributed by atoms with Crippen LogP contribution in [0, 0.1) is 17.0 Å². The predicted octanol–water partition coefficient (Wildman–Crippen LogP) is 5.35. The van der Waals surface area contributed by atoms with Crippen molar-refractivity contribution in [1.29, 1.82) is 0 Å². The number of carbonyl (C=O) groups excluding carboxylic acids is 1. The van der Waals surface area contributed by atoms with Crippen LogP contribution in [0.3, 0.4) is 0 Å². The lowest BCUT2D eigenvalue weighted by molar-refractivity contribution is -0.383. The van der Waals surface area contributed by atoms with Crippen LogP contribution in [0.5, 0.6) is 0 Å². The van der Waals surface area contributed by atoms with Gasteiger partial charge in [-0.2, -0.15) is 0 Å². The van der Waals surface area contributed by atoms with Crippen molar-refractivity contribution in [2.75, 3.05) is 6.61 Å². The molecule has 0 aliphatic rings. The monoisotopic (exact) mass is 407 g/mol. The van der Waals surface area contributed by atoms with Gasteiger partial charge in [0, 0.05) is 22.7 Å². The third-order valence-corrected chi connectivity index (χ3v) is 5.68. The first-order valence-corrected chi connectivity index (χ1v) is 9.81. The molecule has 0 atom stereocenters. The zero-order valence-corrected chi connectivity index (χ0v) is 16.6. The van der Waals surface area contributed by atoms with Crippen LogP contribution in [0.4, 0.5) is 5.69 Å². The fourth-order valence-corrected chi connectivity index (χ4v) is 4.12. The Hall–Kier alpha value is -3.52. The smallest absolute Gasteiger partial charge is 0.350 e. The van der Waals surface area contributed by atoms with Crippen molar-refractivity contribution < 1.29 is 14.5 Å². The summed E-state index contributed by atoms with van der Waals surface area (Å²) in [5.74, 6) is -0.433. The summed E-state index contributed by atoms with van der Waals surface area (Å²) in [6.45, 7) is 3.74. The number of non-ortho nitro benzene ring substituents is 1. The highest BCUT2D eigenvalue weighted by molar-refractivity contribution is 7.17. The second kappa shape index (κ2) is 7.48. The number of benzene rings is 2. The lowest BCUT2D eigenvalue weighted by Gasteiger charge is -2.00. The number of fused-ring (bicyclic) bond motifs is 1. The topological polar surface area (TPSA) is 98.1 Å². The molecule has 0 fully saturated rings. The normalized spacial score (nSPS) is 11.0. The molecule has 4 rings (SSSR count). The Morgan fingerprint density at radius 1 is 1.21 bits per heavy atom. The van der Waals surface area contributed by atoms with E-state index in [0.29, 0.717) is 32.0 Å². The van der Waals surface area contributed by atoms with Gasteiger partial charge in [0.2, 0.25) is 0 Å². The van der Waals surface area contributed by atoms with Crippen molar-refractivity contribution in [2.24, 2.45) is 0 Å². The molecule has 0 unspecified atom stereocenters. The molecule has 2 aromatic carbocycles. The number of thiazole rings is 1. The first-order chi connectivity index (χ1) is 14.0. The molecule has 29 heavy (non-hydrogen) atoms. The molecule has 0 aliphatic carbocycles. The van der Waals surface area contributed by atoms with Gasteiger partial charge in [-0.25, -0.2) is 9.78 Å². The Morgan fingerprint density at radius 2 is 1.97 bits per heavy atom. The fraction of sp³-hybridized carbons (Fsp3) is 0.143. The van der Waals surface area contributed by atoms with E-state index in [4.69, 9.17) is 4.74 Å². The number of nitrogens with one attached hydrogen (secondary N) is 1. The van der Waals surface area contributed by atoms with Gasteiger partial charge in [0.1, 0.15) is 15.4 Å². The van der Waals surface area contributed by atoms with E-state index in [2.05, 4.69) is 9.97 Å². The maximum absolute atomic E-state index is 12.1. The number of H-pyrrole nitrogens is 1. The third-order valence-electron chi connectivity index (χ3n) is 4.49. The SMILES string of the molecule is CCOC(=O)c1sc(-c2cc([N+](=O)[O-])c3[nH]c(-c4ccccc4)cc3c2)nc1C. The van der Waals surface area contributed by atoms with Gasteiger partial charge in [0.25, 0.3) is 5.69 Å². The Labute approximate surface area is 170 Å². The molecule has 1 N–H and O–H groups in total. The number of rotatable bonds is 5. The summed E-state index contributed by atoms with van der Waals surface area (Å²) in [4.78, 5) is 31.4. The van der Waals surface area contributed by atoms with Crippen LogP contribution in [0.25, 0.3) is 32.7 Å². The Morgan fingerprint density at radius 3 is 2.66 bits per heavy atom. The van der Waals surface area contributed by atoms with Crippen molar-refractivity contribution in [1.82, 2.24) is 9.97 Å². The Kier molecular flexibility index (Phi) is 4.85. The second-order valence-electron chi connectivity index (χ2n) is 6.42. The highest BCUT2D eigenvalue weighted by Gasteiger charge is 2.22. The van der Waals surface area contributed by atoms with Crippen LogP contribution in [0.2, 0.25) is 0 Å². The standard InChI is InChI=1S/C21H17N3O4S/c1-3-28-21(25)19-12(2)22-20(29-19)15-9-14-10-16(13-7-5-4-6-8-13)23-18(14)17(11-15)24(26)27/h4-11,23H,3H2,1-2H3. The molecule has 0 radical (unpaired) electrons. The number of nitro benzene ring substituents is 1. The van der Waals surface area contributed by atoms with Crippen molar-refractivity contribution in [3.05, 3.63) is 69.2 Å². The van der Waals surface area contributed by atoms with Crippen molar-refractivity contribution >= 4 is 33.9 Å². The van der Waals surface area contributed by atoms with Crippen molar-refractivity contribution in [2.45, 2.75) is 13.8 Å². The number of carbonyl (C=O) groups is 1. The van der Waals surface area contributed by atoms with Gasteiger partial charge in [-0.1, -0.05) is 30.3 Å². The molecule has 2 aromatic heterocycles. The Bertz CT molecular complexity index is 1230. The van der Waals surface area contributed by atoms with E-state index in [1.165, 1.54) is 17.4 Å². The number of aromatic amines is 1. The average molecular weight is 407 g/mol. The number of aryl methyl sites for hydroxylation is 1. The molecule has 0 saturated carbocycles. The lowest BCUT2D eigenvalue weighted by Crippen LogP contribution is -2.03. The maximum atomic E-state index is 12.1. The van der Waals surface area contributed by atoms with Crippen LogP contribution in [-0.2, 0) is 4.74 Å². The number of hydrogen-bond acceptors (Lipinski definition) is 6. The molecule has 2 heterocycles. The molecule has 0 amide bonds. The number of aromatic nitrogens is 2. The summed E-state index contributed by atoms with van der Waals surface area (Å²) in [7, 11) is 0. The van der Waals surface area contributed by atoms with Crippen LogP contribution in [0.15, 0.2) is 48.5 Å². The summed E-state index contributed by atoms with van der Waals surface area (Å²) in [5, 5.41) is 13.0. The van der Waals surface area contributed by atoms with Gasteiger partial charge >= 0.3 is 5.97 Å². The molecule has 0 spiro atoms. The van der Waals surface area contributed by atoms with Crippen LogP contribution in [-0.4, -0.2) is 27.5 Å². The molecule has 0 aliphatic heterocycles. The highest BCUT2D eigenvalue weighted by atomic mass is 32.1. The van der Waals surface area contributed by atoms with E-state index in [1.807, 2.05) is 42.5 Å². The molecular formula is C21H17N3O4S.